The molecule has 0 bridgehead atoms. The molecule has 2 aliphatic heterocycles. The van der Waals surface area contributed by atoms with Gasteiger partial charge in [0.25, 0.3) is 0 Å². The highest BCUT2D eigenvalue weighted by Crippen LogP contribution is 2.27. The quantitative estimate of drug-likeness (QED) is 0.634. The molecule has 2 rings (SSSR count). The van der Waals surface area contributed by atoms with Gasteiger partial charge in [-0.1, -0.05) is 13.8 Å². The molecule has 2 heterocycles. The molecule has 0 amide bonds. The van der Waals surface area contributed by atoms with Crippen LogP contribution in [0.15, 0.2) is 4.99 Å². The highest BCUT2D eigenvalue weighted by molar-refractivity contribution is 8.00. The average molecular weight is 285 g/mol. The number of guanidine groups is 1. The van der Waals surface area contributed by atoms with E-state index in [1.54, 1.807) is 0 Å². The van der Waals surface area contributed by atoms with Crippen LogP contribution in [0.3, 0.4) is 0 Å². The molecule has 0 spiro atoms. The van der Waals surface area contributed by atoms with E-state index in [-0.39, 0.29) is 5.41 Å². The summed E-state index contributed by atoms with van der Waals surface area (Å²) in [7, 11) is 1.89. The van der Waals surface area contributed by atoms with Gasteiger partial charge in [-0.15, -0.1) is 0 Å². The topological polar surface area (TPSA) is 36.9 Å². The second kappa shape index (κ2) is 6.84. The van der Waals surface area contributed by atoms with Crippen LogP contribution in [-0.2, 0) is 4.74 Å². The maximum absolute atomic E-state index is 5.51. The summed E-state index contributed by atoms with van der Waals surface area (Å²) in [6.45, 7) is 9.51. The molecular weight excluding hydrogens is 258 g/mol. The summed E-state index contributed by atoms with van der Waals surface area (Å²) in [5.74, 6) is 2.27. The lowest BCUT2D eigenvalue weighted by Gasteiger charge is -2.35. The Morgan fingerprint density at radius 2 is 2.42 bits per heavy atom. The van der Waals surface area contributed by atoms with Crippen LogP contribution in [0.2, 0.25) is 0 Å². The molecule has 0 radical (unpaired) electrons. The first kappa shape index (κ1) is 15.0. The first-order chi connectivity index (χ1) is 9.17. The van der Waals surface area contributed by atoms with E-state index < -0.39 is 0 Å². The molecule has 0 aromatic heterocycles. The summed E-state index contributed by atoms with van der Waals surface area (Å²) in [5, 5.41) is 4.30. The Bertz CT molecular complexity index is 316. The summed E-state index contributed by atoms with van der Waals surface area (Å²) in [5.41, 5.74) is 0.268. The van der Waals surface area contributed by atoms with Crippen molar-refractivity contribution in [2.24, 2.45) is 10.4 Å². The summed E-state index contributed by atoms with van der Waals surface area (Å²) in [6, 6.07) is 0. The van der Waals surface area contributed by atoms with E-state index in [0.717, 1.165) is 50.5 Å². The number of hydrogen-bond donors (Lipinski definition) is 1. The zero-order valence-electron chi connectivity index (χ0n) is 12.4. The summed E-state index contributed by atoms with van der Waals surface area (Å²) >= 11 is 2.09. The Labute approximate surface area is 121 Å². The van der Waals surface area contributed by atoms with Gasteiger partial charge < -0.3 is 15.0 Å². The van der Waals surface area contributed by atoms with Crippen LogP contribution in [0.5, 0.6) is 0 Å². The molecule has 0 aromatic carbocycles. The Morgan fingerprint density at radius 1 is 1.58 bits per heavy atom. The standard InChI is InChI=1S/C14H27N3OS/c1-4-12-9-17(6-8-19-12)13(15-3)16-10-14(2)5-7-18-11-14/h12H,4-11H2,1-3H3,(H,15,16). The predicted octanol–water partition coefficient (Wildman–Crippen LogP) is 1.82. The monoisotopic (exact) mass is 285 g/mol. The molecule has 1 N–H and O–H groups in total. The van der Waals surface area contributed by atoms with Gasteiger partial charge in [-0.05, 0) is 12.8 Å². The minimum absolute atomic E-state index is 0.268. The number of ether oxygens (including phenoxy) is 1. The molecule has 110 valence electrons. The maximum Gasteiger partial charge on any atom is 0.193 e. The lowest BCUT2D eigenvalue weighted by Crippen LogP contribution is -2.50. The third-order valence-corrected chi connectivity index (χ3v) is 5.45. The molecule has 2 aliphatic rings. The van der Waals surface area contributed by atoms with Gasteiger partial charge in [0, 0.05) is 49.7 Å². The van der Waals surface area contributed by atoms with Crippen molar-refractivity contribution in [2.75, 3.05) is 45.6 Å². The van der Waals surface area contributed by atoms with Crippen molar-refractivity contribution in [3.63, 3.8) is 0 Å². The molecule has 4 nitrogen and oxygen atoms in total. The van der Waals surface area contributed by atoms with Crippen LogP contribution < -0.4 is 5.32 Å². The summed E-state index contributed by atoms with van der Waals surface area (Å²) < 4.78 is 5.51. The molecular formula is C14H27N3OS. The van der Waals surface area contributed by atoms with Crippen LogP contribution in [0, 0.1) is 5.41 Å². The van der Waals surface area contributed by atoms with Crippen LogP contribution in [0.1, 0.15) is 26.7 Å². The largest absolute Gasteiger partial charge is 0.381 e. The molecule has 0 saturated carbocycles. The van der Waals surface area contributed by atoms with Crippen molar-refractivity contribution < 1.29 is 4.74 Å². The fourth-order valence-electron chi connectivity index (χ4n) is 2.63. The zero-order valence-corrected chi connectivity index (χ0v) is 13.3. The number of hydrogen-bond acceptors (Lipinski definition) is 3. The highest BCUT2D eigenvalue weighted by atomic mass is 32.2. The van der Waals surface area contributed by atoms with Gasteiger partial charge >= 0.3 is 0 Å². The lowest BCUT2D eigenvalue weighted by molar-refractivity contribution is 0.160. The van der Waals surface area contributed by atoms with E-state index in [9.17, 15) is 0 Å². The van der Waals surface area contributed by atoms with Gasteiger partial charge in [0.05, 0.1) is 6.61 Å². The third-order valence-electron chi connectivity index (χ3n) is 4.08. The van der Waals surface area contributed by atoms with E-state index in [1.807, 2.05) is 7.05 Å². The molecule has 0 aliphatic carbocycles. The first-order valence-electron chi connectivity index (χ1n) is 7.32. The van der Waals surface area contributed by atoms with Gasteiger partial charge in [-0.2, -0.15) is 11.8 Å². The van der Waals surface area contributed by atoms with Gasteiger partial charge in [-0.3, -0.25) is 4.99 Å². The molecule has 0 aromatic rings. The minimum atomic E-state index is 0.268. The van der Waals surface area contributed by atoms with Crippen molar-refractivity contribution in [3.8, 4) is 0 Å². The zero-order chi connectivity index (χ0) is 13.7. The Kier molecular flexibility index (Phi) is 5.39. The van der Waals surface area contributed by atoms with Crippen LogP contribution >= 0.6 is 11.8 Å². The van der Waals surface area contributed by atoms with Crippen molar-refractivity contribution in [1.29, 1.82) is 0 Å². The predicted molar refractivity (Wildman–Crippen MR) is 83.0 cm³/mol. The van der Waals surface area contributed by atoms with Gasteiger partial charge in [0.2, 0.25) is 0 Å². The number of thioether (sulfide) groups is 1. The summed E-state index contributed by atoms with van der Waals surface area (Å²) in [6.07, 6.45) is 2.38. The lowest BCUT2D eigenvalue weighted by atomic mass is 9.90. The van der Waals surface area contributed by atoms with E-state index in [2.05, 4.69) is 40.8 Å². The smallest absolute Gasteiger partial charge is 0.193 e. The molecule has 2 unspecified atom stereocenters. The van der Waals surface area contributed by atoms with Gasteiger partial charge in [0.15, 0.2) is 5.96 Å². The number of nitrogens with zero attached hydrogens (tertiary/aromatic N) is 2. The highest BCUT2D eigenvalue weighted by Gasteiger charge is 2.30. The Balaban J connectivity index is 1.86. The van der Waals surface area contributed by atoms with Gasteiger partial charge in [-0.25, -0.2) is 0 Å². The van der Waals surface area contributed by atoms with E-state index in [4.69, 9.17) is 4.74 Å². The minimum Gasteiger partial charge on any atom is -0.381 e. The molecule has 5 heteroatoms. The van der Waals surface area contributed by atoms with Crippen molar-refractivity contribution in [2.45, 2.75) is 31.9 Å². The number of rotatable bonds is 3. The maximum atomic E-state index is 5.51. The third kappa shape index (κ3) is 4.02. The second-order valence-electron chi connectivity index (χ2n) is 5.86. The van der Waals surface area contributed by atoms with Gasteiger partial charge in [0.1, 0.15) is 0 Å². The van der Waals surface area contributed by atoms with Crippen LogP contribution in [-0.4, -0.2) is 61.8 Å². The molecule has 2 saturated heterocycles. The second-order valence-corrected chi connectivity index (χ2v) is 7.27. The number of aliphatic imine (C=N–C) groups is 1. The average Bonchev–Trinajstić information content (AvgIpc) is 2.87. The summed E-state index contributed by atoms with van der Waals surface area (Å²) in [4.78, 5) is 6.86. The fourth-order valence-corrected chi connectivity index (χ4v) is 3.81. The number of nitrogens with one attached hydrogen (secondary N) is 1. The fraction of sp³-hybridized carbons (Fsp3) is 0.929. The molecule has 19 heavy (non-hydrogen) atoms. The Hall–Kier alpha value is -0.420. The van der Waals surface area contributed by atoms with Crippen molar-refractivity contribution in [3.05, 3.63) is 0 Å². The van der Waals surface area contributed by atoms with Crippen molar-refractivity contribution in [1.82, 2.24) is 10.2 Å². The van der Waals surface area contributed by atoms with Crippen LogP contribution in [0.25, 0.3) is 0 Å². The van der Waals surface area contributed by atoms with Crippen LogP contribution in [0.4, 0.5) is 0 Å². The Morgan fingerprint density at radius 3 is 3.05 bits per heavy atom. The molecule has 2 atom stereocenters. The molecule has 2 fully saturated rings. The normalized spacial score (nSPS) is 32.7. The van der Waals surface area contributed by atoms with E-state index >= 15 is 0 Å². The SMILES string of the molecule is CCC1CN(C(=NC)NCC2(C)CCOC2)CCS1. The van der Waals surface area contributed by atoms with Crippen molar-refractivity contribution >= 4 is 17.7 Å². The van der Waals surface area contributed by atoms with E-state index in [0.29, 0.717) is 0 Å². The first-order valence-corrected chi connectivity index (χ1v) is 8.37. The van der Waals surface area contributed by atoms with E-state index in [1.165, 1.54) is 12.2 Å².